The molecule has 172 valence electrons. The Hall–Kier alpha value is -3.64. The molecule has 0 atom stereocenters. The second kappa shape index (κ2) is 8.95. The zero-order chi connectivity index (χ0) is 24.6. The normalized spacial score (nSPS) is 11.5. The van der Waals surface area contributed by atoms with Gasteiger partial charge in [-0.15, -0.1) is 0 Å². The molecule has 0 saturated heterocycles. The Labute approximate surface area is 203 Å². The zero-order valence-electron chi connectivity index (χ0n) is 21.3. The van der Waals surface area contributed by atoms with Crippen LogP contribution in [0.3, 0.4) is 0 Å². The lowest BCUT2D eigenvalue weighted by Gasteiger charge is -2.34. The van der Waals surface area contributed by atoms with Crippen molar-refractivity contribution in [2.45, 2.75) is 60.4 Å². The Morgan fingerprint density at radius 2 is 1.50 bits per heavy atom. The number of nitrogens with zero attached hydrogens (tertiary/aromatic N) is 3. The van der Waals surface area contributed by atoms with Crippen LogP contribution in [0.25, 0.3) is 16.0 Å². The fourth-order valence-electron chi connectivity index (χ4n) is 5.58. The molecule has 1 aromatic heterocycles. The van der Waals surface area contributed by atoms with Crippen LogP contribution < -0.4 is 0 Å². The van der Waals surface area contributed by atoms with Gasteiger partial charge in [0, 0.05) is 12.1 Å². The van der Waals surface area contributed by atoms with E-state index in [1.54, 1.807) is 0 Å². The first kappa shape index (κ1) is 23.5. The Morgan fingerprint density at radius 1 is 0.853 bits per heavy atom. The van der Waals surface area contributed by atoms with Gasteiger partial charge < -0.3 is 4.57 Å². The second-order valence-corrected chi connectivity index (χ2v) is 9.90. The zero-order valence-corrected chi connectivity index (χ0v) is 21.3. The summed E-state index contributed by atoms with van der Waals surface area (Å²) in [7, 11) is 0. The van der Waals surface area contributed by atoms with Crippen molar-refractivity contribution in [3.05, 3.63) is 117 Å². The first-order valence-electron chi connectivity index (χ1n) is 11.8. The lowest BCUT2D eigenvalue weighted by Crippen LogP contribution is -2.32. The lowest BCUT2D eigenvalue weighted by atomic mass is 9.83. The number of hydrogen-bond acceptors (Lipinski definition) is 1. The SMILES string of the molecule is [C-]#[N+]c1ccc(Cc2c(C)nc(C)n2C(C)(C)c2c(C)cc(-c3cccc(C)c3)cc2C)cc1. The highest BCUT2D eigenvalue weighted by molar-refractivity contribution is 5.67. The Bertz CT molecular complexity index is 1370. The van der Waals surface area contributed by atoms with Gasteiger partial charge in [0.25, 0.3) is 0 Å². The third-order valence-corrected chi connectivity index (χ3v) is 6.83. The van der Waals surface area contributed by atoms with Crippen molar-refractivity contribution in [3.8, 4) is 11.1 Å². The van der Waals surface area contributed by atoms with Crippen LogP contribution in [0.1, 0.15) is 58.9 Å². The van der Waals surface area contributed by atoms with E-state index in [2.05, 4.69) is 106 Å². The highest BCUT2D eigenvalue weighted by atomic mass is 15.1. The number of benzene rings is 3. The molecule has 0 spiro atoms. The van der Waals surface area contributed by atoms with E-state index in [-0.39, 0.29) is 5.54 Å². The van der Waals surface area contributed by atoms with Gasteiger partial charge in [0.15, 0.2) is 5.69 Å². The van der Waals surface area contributed by atoms with Crippen LogP contribution in [0.5, 0.6) is 0 Å². The highest BCUT2D eigenvalue weighted by Gasteiger charge is 2.31. The highest BCUT2D eigenvalue weighted by Crippen LogP contribution is 2.37. The van der Waals surface area contributed by atoms with Crippen molar-refractivity contribution in [2.75, 3.05) is 0 Å². The van der Waals surface area contributed by atoms with E-state index < -0.39 is 0 Å². The van der Waals surface area contributed by atoms with Gasteiger partial charge in [0.2, 0.25) is 0 Å². The smallest absolute Gasteiger partial charge is 0.187 e. The minimum absolute atomic E-state index is 0.267. The molecular formula is C31H33N3. The summed E-state index contributed by atoms with van der Waals surface area (Å²) in [6.07, 6.45) is 0.786. The first-order valence-corrected chi connectivity index (χ1v) is 11.8. The van der Waals surface area contributed by atoms with E-state index in [0.717, 1.165) is 17.9 Å². The van der Waals surface area contributed by atoms with Crippen LogP contribution in [0, 0.1) is 41.2 Å². The number of imidazole rings is 1. The molecule has 4 rings (SSSR count). The van der Waals surface area contributed by atoms with Gasteiger partial charge in [-0.2, -0.15) is 0 Å². The number of aromatic nitrogens is 2. The maximum Gasteiger partial charge on any atom is 0.187 e. The molecule has 0 bridgehead atoms. The third kappa shape index (κ3) is 4.29. The number of aryl methyl sites for hydroxylation is 5. The van der Waals surface area contributed by atoms with Crippen molar-refractivity contribution in [3.63, 3.8) is 0 Å². The van der Waals surface area contributed by atoms with E-state index in [1.165, 1.54) is 44.6 Å². The average molecular weight is 448 g/mol. The molecule has 3 nitrogen and oxygen atoms in total. The van der Waals surface area contributed by atoms with Crippen molar-refractivity contribution >= 4 is 5.69 Å². The molecule has 3 aromatic carbocycles. The fraction of sp³-hybridized carbons (Fsp3) is 0.290. The predicted molar refractivity (Wildman–Crippen MR) is 142 cm³/mol. The van der Waals surface area contributed by atoms with E-state index in [0.29, 0.717) is 5.69 Å². The predicted octanol–water partition coefficient (Wildman–Crippen LogP) is 8.02. The quantitative estimate of drug-likeness (QED) is 0.284. The molecule has 1 heterocycles. The van der Waals surface area contributed by atoms with Crippen molar-refractivity contribution in [2.24, 2.45) is 0 Å². The minimum Gasteiger partial charge on any atom is -0.322 e. The topological polar surface area (TPSA) is 22.2 Å². The van der Waals surface area contributed by atoms with Crippen LogP contribution in [-0.2, 0) is 12.0 Å². The first-order chi connectivity index (χ1) is 16.1. The number of hydrogen-bond donors (Lipinski definition) is 0. The van der Waals surface area contributed by atoms with Crippen LogP contribution in [0.4, 0.5) is 5.69 Å². The molecule has 0 aliphatic heterocycles. The van der Waals surface area contributed by atoms with Crippen LogP contribution >= 0.6 is 0 Å². The Balaban J connectivity index is 1.80. The van der Waals surface area contributed by atoms with Crippen molar-refractivity contribution in [1.29, 1.82) is 0 Å². The lowest BCUT2D eigenvalue weighted by molar-refractivity contribution is 0.410. The minimum atomic E-state index is -0.267. The van der Waals surface area contributed by atoms with E-state index in [4.69, 9.17) is 11.6 Å². The molecule has 0 saturated carbocycles. The Morgan fingerprint density at radius 3 is 2.09 bits per heavy atom. The molecule has 0 N–H and O–H groups in total. The van der Waals surface area contributed by atoms with E-state index >= 15 is 0 Å². The third-order valence-electron chi connectivity index (χ3n) is 6.83. The van der Waals surface area contributed by atoms with Crippen LogP contribution in [0.2, 0.25) is 0 Å². The molecule has 0 radical (unpaired) electrons. The van der Waals surface area contributed by atoms with Gasteiger partial charge in [0.05, 0.1) is 17.8 Å². The van der Waals surface area contributed by atoms with Gasteiger partial charge in [-0.25, -0.2) is 9.83 Å². The molecule has 0 unspecified atom stereocenters. The summed E-state index contributed by atoms with van der Waals surface area (Å²) >= 11 is 0. The molecule has 4 aromatic rings. The molecule has 0 aliphatic carbocycles. The largest absolute Gasteiger partial charge is 0.322 e. The summed E-state index contributed by atoms with van der Waals surface area (Å²) < 4.78 is 2.41. The van der Waals surface area contributed by atoms with Crippen molar-refractivity contribution < 1.29 is 0 Å². The molecule has 34 heavy (non-hydrogen) atoms. The maximum atomic E-state index is 7.22. The average Bonchev–Trinajstić information content (AvgIpc) is 3.06. The number of rotatable bonds is 5. The summed E-state index contributed by atoms with van der Waals surface area (Å²) in [6.45, 7) is 22.6. The van der Waals surface area contributed by atoms with Crippen LogP contribution in [0.15, 0.2) is 60.7 Å². The summed E-state index contributed by atoms with van der Waals surface area (Å²) in [6, 6.07) is 21.3. The van der Waals surface area contributed by atoms with Crippen LogP contribution in [-0.4, -0.2) is 9.55 Å². The molecule has 0 fully saturated rings. The van der Waals surface area contributed by atoms with E-state index in [9.17, 15) is 0 Å². The monoisotopic (exact) mass is 447 g/mol. The summed E-state index contributed by atoms with van der Waals surface area (Å²) in [5.41, 5.74) is 11.6. The fourth-order valence-corrected chi connectivity index (χ4v) is 5.58. The van der Waals surface area contributed by atoms with Gasteiger partial charge >= 0.3 is 0 Å². The van der Waals surface area contributed by atoms with Crippen molar-refractivity contribution in [1.82, 2.24) is 9.55 Å². The van der Waals surface area contributed by atoms with Gasteiger partial charge in [0.1, 0.15) is 5.82 Å². The summed E-state index contributed by atoms with van der Waals surface area (Å²) in [5, 5.41) is 0. The van der Waals surface area contributed by atoms with Gasteiger partial charge in [-0.1, -0.05) is 66.2 Å². The second-order valence-electron chi connectivity index (χ2n) is 9.90. The standard InChI is InChI=1S/C31H33N3/c1-20-10-9-11-26(16-20)27-17-21(2)30(22(3)18-27)31(6,7)34-24(5)33-23(4)29(34)19-25-12-14-28(32-8)15-13-25/h9-18H,19H2,1-7H3. The van der Waals surface area contributed by atoms with E-state index in [1.807, 2.05) is 12.1 Å². The molecule has 3 heteroatoms. The van der Waals surface area contributed by atoms with Gasteiger partial charge in [-0.05, 0) is 81.8 Å². The molecule has 0 aliphatic rings. The maximum absolute atomic E-state index is 7.22. The summed E-state index contributed by atoms with van der Waals surface area (Å²) in [4.78, 5) is 8.40. The van der Waals surface area contributed by atoms with Gasteiger partial charge in [-0.3, -0.25) is 0 Å². The summed E-state index contributed by atoms with van der Waals surface area (Å²) in [5.74, 6) is 1.02. The molecule has 0 amide bonds. The Kier molecular flexibility index (Phi) is 6.19. The molecular weight excluding hydrogens is 414 g/mol.